The first-order valence-electron chi connectivity index (χ1n) is 5.69. The Morgan fingerprint density at radius 2 is 2.16 bits per heavy atom. The highest BCUT2D eigenvalue weighted by molar-refractivity contribution is 5.92. The lowest BCUT2D eigenvalue weighted by atomic mass is 10.3. The van der Waals surface area contributed by atoms with Crippen LogP contribution in [0.2, 0.25) is 0 Å². The number of methoxy groups -OCH3 is 1. The maximum absolute atomic E-state index is 11.4. The van der Waals surface area contributed by atoms with Crippen molar-refractivity contribution in [2.24, 2.45) is 0 Å². The van der Waals surface area contributed by atoms with Crippen LogP contribution in [0.3, 0.4) is 0 Å². The number of ether oxygens (including phenoxy) is 1. The van der Waals surface area contributed by atoms with Crippen LogP contribution < -0.4 is 10.6 Å². The van der Waals surface area contributed by atoms with Gasteiger partial charge in [-0.3, -0.25) is 4.79 Å². The first-order valence-corrected chi connectivity index (χ1v) is 5.69. The zero-order valence-corrected chi connectivity index (χ0v) is 10.7. The molecule has 1 aromatic heterocycles. The van der Waals surface area contributed by atoms with E-state index in [0.717, 1.165) is 0 Å². The first-order chi connectivity index (χ1) is 9.08. The number of rotatable bonds is 7. The molecule has 0 saturated heterocycles. The van der Waals surface area contributed by atoms with Crippen LogP contribution in [0.5, 0.6) is 0 Å². The number of hydrogen-bond donors (Lipinski definition) is 3. The summed E-state index contributed by atoms with van der Waals surface area (Å²) in [6, 6.07) is 3.05. The summed E-state index contributed by atoms with van der Waals surface area (Å²) in [5, 5.41) is 21.6. The van der Waals surface area contributed by atoms with Crippen molar-refractivity contribution in [2.45, 2.75) is 13.0 Å². The van der Waals surface area contributed by atoms with Gasteiger partial charge in [-0.05, 0) is 19.1 Å². The molecule has 0 fully saturated rings. The van der Waals surface area contributed by atoms with Gasteiger partial charge >= 0.3 is 5.97 Å². The van der Waals surface area contributed by atoms with Gasteiger partial charge in [-0.25, -0.2) is 4.79 Å². The first kappa shape index (κ1) is 14.8. The molecule has 0 aliphatic carbocycles. The number of carboxylic acids is 1. The number of carbonyl (C=O) groups excluding carboxylic acids is 1. The Kier molecular flexibility index (Phi) is 5.68. The number of nitrogens with zero attached hydrogens (tertiary/aromatic N) is 2. The second kappa shape index (κ2) is 7.27. The topological polar surface area (TPSA) is 113 Å². The Balaban J connectivity index is 2.57. The summed E-state index contributed by atoms with van der Waals surface area (Å²) in [6.45, 7) is 2.37. The van der Waals surface area contributed by atoms with Crippen LogP contribution in [0.1, 0.15) is 17.4 Å². The van der Waals surface area contributed by atoms with E-state index in [9.17, 15) is 9.59 Å². The highest BCUT2D eigenvalue weighted by Gasteiger charge is 2.16. The molecule has 0 bridgehead atoms. The van der Waals surface area contributed by atoms with Gasteiger partial charge in [-0.1, -0.05) is 0 Å². The van der Waals surface area contributed by atoms with Gasteiger partial charge in [0.05, 0.1) is 6.54 Å². The normalized spacial score (nSPS) is 11.7. The molecule has 8 nitrogen and oxygen atoms in total. The van der Waals surface area contributed by atoms with Crippen molar-refractivity contribution in [1.82, 2.24) is 15.5 Å². The van der Waals surface area contributed by atoms with Crippen LogP contribution in [-0.4, -0.2) is 53.5 Å². The Morgan fingerprint density at radius 3 is 2.63 bits per heavy atom. The monoisotopic (exact) mass is 268 g/mol. The summed E-state index contributed by atoms with van der Waals surface area (Å²) in [5.74, 6) is -1.000. The predicted octanol–water partition coefficient (Wildman–Crippen LogP) is -0.262. The van der Waals surface area contributed by atoms with Gasteiger partial charge < -0.3 is 20.5 Å². The molecule has 0 aliphatic rings. The van der Waals surface area contributed by atoms with Gasteiger partial charge in [0.1, 0.15) is 5.82 Å². The van der Waals surface area contributed by atoms with Crippen LogP contribution in [-0.2, 0) is 9.53 Å². The largest absolute Gasteiger partial charge is 0.479 e. The summed E-state index contributed by atoms with van der Waals surface area (Å²) in [5.41, 5.74) is 0.203. The summed E-state index contributed by atoms with van der Waals surface area (Å²) in [6.07, 6.45) is -0.968. The highest BCUT2D eigenvalue weighted by Crippen LogP contribution is 2.03. The molecule has 1 heterocycles. The fourth-order valence-electron chi connectivity index (χ4n) is 1.27. The van der Waals surface area contributed by atoms with E-state index < -0.39 is 12.1 Å². The fraction of sp³-hybridized carbons (Fsp3) is 0.455. The number of carbonyl (C=O) groups is 2. The van der Waals surface area contributed by atoms with Crippen LogP contribution in [0.25, 0.3) is 0 Å². The molecule has 0 saturated carbocycles. The quantitative estimate of drug-likeness (QED) is 0.624. The van der Waals surface area contributed by atoms with Crippen molar-refractivity contribution in [3.8, 4) is 0 Å². The molecule has 1 amide bonds. The Morgan fingerprint density at radius 1 is 1.42 bits per heavy atom. The number of anilines is 1. The molecule has 0 spiro atoms. The smallest absolute Gasteiger partial charge is 0.334 e. The number of aromatic nitrogens is 2. The second-order valence-electron chi connectivity index (χ2n) is 3.61. The van der Waals surface area contributed by atoms with E-state index >= 15 is 0 Å². The molecule has 1 atom stereocenters. The number of aliphatic carboxylic acids is 1. The number of nitrogens with one attached hydrogen (secondary N) is 2. The highest BCUT2D eigenvalue weighted by atomic mass is 16.5. The summed E-state index contributed by atoms with van der Waals surface area (Å²) in [4.78, 5) is 22.1. The maximum atomic E-state index is 11.4. The van der Waals surface area contributed by atoms with E-state index in [1.165, 1.54) is 13.2 Å². The third-order valence-corrected chi connectivity index (χ3v) is 2.26. The molecular weight excluding hydrogens is 252 g/mol. The SMILES string of the molecule is CCNC(=O)c1ccc(NCC(OC)C(=O)O)nn1. The minimum absolute atomic E-state index is 0.0566. The molecule has 104 valence electrons. The molecule has 1 unspecified atom stereocenters. The molecule has 0 aliphatic heterocycles. The van der Waals surface area contributed by atoms with E-state index in [4.69, 9.17) is 9.84 Å². The van der Waals surface area contributed by atoms with E-state index in [2.05, 4.69) is 20.8 Å². The summed E-state index contributed by atoms with van der Waals surface area (Å²) >= 11 is 0. The number of hydrogen-bond acceptors (Lipinski definition) is 6. The van der Waals surface area contributed by atoms with Crippen LogP contribution in [0.4, 0.5) is 5.82 Å². The van der Waals surface area contributed by atoms with Crippen molar-refractivity contribution in [3.05, 3.63) is 17.8 Å². The fourth-order valence-corrected chi connectivity index (χ4v) is 1.27. The molecule has 1 rings (SSSR count). The number of carboxylic acid groups (broad SMARTS) is 1. The minimum Gasteiger partial charge on any atom is -0.479 e. The molecular formula is C11H16N4O4. The lowest BCUT2D eigenvalue weighted by molar-refractivity contribution is -0.147. The van der Waals surface area contributed by atoms with E-state index in [1.54, 1.807) is 13.0 Å². The summed E-state index contributed by atoms with van der Waals surface area (Å²) in [7, 11) is 1.31. The standard InChI is InChI=1S/C11H16N4O4/c1-3-12-10(16)7-4-5-9(15-14-7)13-6-8(19-2)11(17)18/h4-5,8H,3,6H2,1-2H3,(H,12,16)(H,13,15)(H,17,18). The van der Waals surface area contributed by atoms with Gasteiger partial charge in [0, 0.05) is 13.7 Å². The Hall–Kier alpha value is -2.22. The Bertz CT molecular complexity index is 435. The predicted molar refractivity (Wildman–Crippen MR) is 67.0 cm³/mol. The molecule has 0 aromatic carbocycles. The van der Waals surface area contributed by atoms with E-state index in [-0.39, 0.29) is 18.1 Å². The van der Waals surface area contributed by atoms with Crippen molar-refractivity contribution in [2.75, 3.05) is 25.5 Å². The average Bonchev–Trinajstić information content (AvgIpc) is 2.40. The molecule has 8 heteroatoms. The van der Waals surface area contributed by atoms with Crippen LogP contribution in [0.15, 0.2) is 12.1 Å². The zero-order chi connectivity index (χ0) is 14.3. The zero-order valence-electron chi connectivity index (χ0n) is 10.7. The van der Waals surface area contributed by atoms with Crippen molar-refractivity contribution >= 4 is 17.7 Å². The van der Waals surface area contributed by atoms with Crippen LogP contribution in [0, 0.1) is 0 Å². The third-order valence-electron chi connectivity index (χ3n) is 2.26. The average molecular weight is 268 g/mol. The second-order valence-corrected chi connectivity index (χ2v) is 3.61. The van der Waals surface area contributed by atoms with Gasteiger partial charge in [0.15, 0.2) is 11.8 Å². The lowest BCUT2D eigenvalue weighted by Crippen LogP contribution is -2.30. The molecule has 1 aromatic rings. The van der Waals surface area contributed by atoms with Gasteiger partial charge in [0.25, 0.3) is 5.91 Å². The van der Waals surface area contributed by atoms with Gasteiger partial charge in [0.2, 0.25) is 0 Å². The van der Waals surface area contributed by atoms with Crippen molar-refractivity contribution < 1.29 is 19.4 Å². The van der Waals surface area contributed by atoms with Gasteiger partial charge in [-0.2, -0.15) is 0 Å². The lowest BCUT2D eigenvalue weighted by Gasteiger charge is -2.11. The third kappa shape index (κ3) is 4.51. The molecule has 3 N–H and O–H groups in total. The van der Waals surface area contributed by atoms with Crippen LogP contribution >= 0.6 is 0 Å². The summed E-state index contributed by atoms with van der Waals surface area (Å²) < 4.78 is 4.75. The van der Waals surface area contributed by atoms with E-state index in [1.807, 2.05) is 0 Å². The van der Waals surface area contributed by atoms with Crippen molar-refractivity contribution in [1.29, 1.82) is 0 Å². The minimum atomic E-state index is -1.07. The van der Waals surface area contributed by atoms with Gasteiger partial charge in [-0.15, -0.1) is 10.2 Å². The molecule has 19 heavy (non-hydrogen) atoms. The molecule has 0 radical (unpaired) electrons. The van der Waals surface area contributed by atoms with E-state index in [0.29, 0.717) is 12.4 Å². The Labute approximate surface area is 110 Å². The number of amides is 1. The maximum Gasteiger partial charge on any atom is 0.334 e. The van der Waals surface area contributed by atoms with Crippen molar-refractivity contribution in [3.63, 3.8) is 0 Å².